The number of aryl methyl sites for hydroxylation is 2. The molecule has 1 amide bonds. The Labute approximate surface area is 195 Å². The number of hydrogen-bond acceptors (Lipinski definition) is 6. The molecule has 0 aliphatic carbocycles. The van der Waals surface area contributed by atoms with Crippen LogP contribution in [0, 0.1) is 13.8 Å². The van der Waals surface area contributed by atoms with E-state index in [1.54, 1.807) is 32.9 Å². The molecule has 0 spiro atoms. The number of nitrogens with zero attached hydrogens (tertiary/aromatic N) is 5. The molecule has 2 heterocycles. The Morgan fingerprint density at radius 2 is 1.76 bits per heavy atom. The standard InChI is InChI=1S/C21H25F3N6O3S/c1-12(15-6-8-16(9-7-15)34(32,33)29(4)5)25-18(31)11-10-17-13(2)26-20-27-19(21(22,23)24)28-30(20)14(17)3/h6-9,12H,10-11H2,1-5H3,(H,25,31). The van der Waals surface area contributed by atoms with E-state index in [1.165, 1.54) is 26.2 Å². The fourth-order valence-corrected chi connectivity index (χ4v) is 4.37. The van der Waals surface area contributed by atoms with Crippen LogP contribution in [-0.4, -0.2) is 52.3 Å². The summed E-state index contributed by atoms with van der Waals surface area (Å²) in [5.74, 6) is -1.69. The van der Waals surface area contributed by atoms with Gasteiger partial charge in [0.05, 0.1) is 10.9 Å². The molecule has 9 nitrogen and oxygen atoms in total. The quantitative estimate of drug-likeness (QED) is 0.537. The summed E-state index contributed by atoms with van der Waals surface area (Å²) in [6, 6.07) is 5.85. The smallest absolute Gasteiger partial charge is 0.350 e. The predicted molar refractivity (Wildman–Crippen MR) is 117 cm³/mol. The molecule has 184 valence electrons. The van der Waals surface area contributed by atoms with E-state index in [2.05, 4.69) is 20.4 Å². The first-order chi connectivity index (χ1) is 15.7. The maximum absolute atomic E-state index is 12.9. The molecule has 0 aliphatic rings. The van der Waals surface area contributed by atoms with Crippen LogP contribution in [0.4, 0.5) is 13.2 Å². The average Bonchev–Trinajstić information content (AvgIpc) is 3.18. The first kappa shape index (κ1) is 25.6. The summed E-state index contributed by atoms with van der Waals surface area (Å²) in [7, 11) is -0.655. The monoisotopic (exact) mass is 498 g/mol. The number of benzene rings is 1. The van der Waals surface area contributed by atoms with E-state index < -0.39 is 22.0 Å². The molecule has 0 bridgehead atoms. The maximum atomic E-state index is 12.9. The zero-order valence-corrected chi connectivity index (χ0v) is 20.1. The summed E-state index contributed by atoms with van der Waals surface area (Å²) in [6.07, 6.45) is -4.35. The van der Waals surface area contributed by atoms with Crippen molar-refractivity contribution in [2.75, 3.05) is 14.1 Å². The average molecular weight is 499 g/mol. The van der Waals surface area contributed by atoms with Crippen LogP contribution in [0.15, 0.2) is 29.2 Å². The van der Waals surface area contributed by atoms with Gasteiger partial charge in [-0.1, -0.05) is 12.1 Å². The van der Waals surface area contributed by atoms with Crippen LogP contribution in [0.3, 0.4) is 0 Å². The number of sulfonamides is 1. The van der Waals surface area contributed by atoms with Crippen LogP contribution in [0.1, 0.15) is 47.7 Å². The Bertz CT molecular complexity index is 1320. The summed E-state index contributed by atoms with van der Waals surface area (Å²) in [4.78, 5) is 20.2. The third-order valence-electron chi connectivity index (χ3n) is 5.44. The molecule has 0 saturated carbocycles. The summed E-state index contributed by atoms with van der Waals surface area (Å²) < 4.78 is 65.3. The van der Waals surface area contributed by atoms with E-state index >= 15 is 0 Å². The van der Waals surface area contributed by atoms with Crippen LogP contribution in [0.25, 0.3) is 5.78 Å². The second-order valence-corrected chi connectivity index (χ2v) is 10.2. The van der Waals surface area contributed by atoms with E-state index in [1.807, 2.05) is 0 Å². The summed E-state index contributed by atoms with van der Waals surface area (Å²) >= 11 is 0. The highest BCUT2D eigenvalue weighted by atomic mass is 32.2. The highest BCUT2D eigenvalue weighted by Gasteiger charge is 2.37. The van der Waals surface area contributed by atoms with E-state index in [9.17, 15) is 26.4 Å². The molecule has 13 heteroatoms. The summed E-state index contributed by atoms with van der Waals surface area (Å²) in [6.45, 7) is 5.02. The van der Waals surface area contributed by atoms with Crippen LogP contribution in [0.2, 0.25) is 0 Å². The lowest BCUT2D eigenvalue weighted by Gasteiger charge is -2.16. The minimum Gasteiger partial charge on any atom is -0.350 e. The van der Waals surface area contributed by atoms with Crippen molar-refractivity contribution in [2.45, 2.75) is 50.7 Å². The van der Waals surface area contributed by atoms with Crippen molar-refractivity contribution in [1.29, 1.82) is 0 Å². The largest absolute Gasteiger partial charge is 0.453 e. The number of nitrogens with one attached hydrogen (secondary N) is 1. The van der Waals surface area contributed by atoms with Gasteiger partial charge in [-0.15, -0.1) is 5.10 Å². The van der Waals surface area contributed by atoms with E-state index in [0.29, 0.717) is 17.0 Å². The number of carbonyl (C=O) groups is 1. The SMILES string of the molecule is Cc1nc2nc(C(F)(F)F)nn2c(C)c1CCC(=O)NC(C)c1ccc(S(=O)(=O)N(C)C)cc1. The first-order valence-electron chi connectivity index (χ1n) is 10.3. The molecule has 1 unspecified atom stereocenters. The first-order valence-corrected chi connectivity index (χ1v) is 11.8. The number of hydrogen-bond donors (Lipinski definition) is 1. The highest BCUT2D eigenvalue weighted by molar-refractivity contribution is 7.89. The Morgan fingerprint density at radius 1 is 1.15 bits per heavy atom. The lowest BCUT2D eigenvalue weighted by Crippen LogP contribution is -2.27. The van der Waals surface area contributed by atoms with Gasteiger partial charge in [-0.2, -0.15) is 18.2 Å². The van der Waals surface area contributed by atoms with Crippen LogP contribution in [0.5, 0.6) is 0 Å². The third kappa shape index (κ3) is 5.20. The molecule has 1 aromatic carbocycles. The number of amides is 1. The fourth-order valence-electron chi connectivity index (χ4n) is 3.47. The zero-order valence-electron chi connectivity index (χ0n) is 19.3. The Morgan fingerprint density at radius 3 is 2.32 bits per heavy atom. The number of aromatic nitrogens is 4. The molecule has 3 aromatic rings. The van der Waals surface area contributed by atoms with Crippen molar-refractivity contribution in [3.63, 3.8) is 0 Å². The van der Waals surface area contributed by atoms with Gasteiger partial charge < -0.3 is 5.32 Å². The van der Waals surface area contributed by atoms with Gasteiger partial charge in [-0.25, -0.2) is 22.2 Å². The van der Waals surface area contributed by atoms with Crippen molar-refractivity contribution in [2.24, 2.45) is 0 Å². The van der Waals surface area contributed by atoms with Crippen molar-refractivity contribution in [1.82, 2.24) is 29.2 Å². The normalized spacial score (nSPS) is 13.4. The van der Waals surface area contributed by atoms with Gasteiger partial charge in [-0.3, -0.25) is 4.79 Å². The predicted octanol–water partition coefficient (Wildman–Crippen LogP) is 2.82. The number of fused-ring (bicyclic) bond motifs is 1. The summed E-state index contributed by atoms with van der Waals surface area (Å²) in [5, 5.41) is 6.35. The van der Waals surface area contributed by atoms with Crippen molar-refractivity contribution < 1.29 is 26.4 Å². The Balaban J connectivity index is 1.69. The van der Waals surface area contributed by atoms with Crippen molar-refractivity contribution in [3.05, 3.63) is 52.6 Å². The molecular weight excluding hydrogens is 473 g/mol. The van der Waals surface area contributed by atoms with Crippen LogP contribution >= 0.6 is 0 Å². The molecule has 1 atom stereocenters. The molecular formula is C21H25F3N6O3S. The van der Waals surface area contributed by atoms with Crippen LogP contribution in [-0.2, 0) is 27.4 Å². The van der Waals surface area contributed by atoms with Gasteiger partial charge in [-0.05, 0) is 50.5 Å². The molecule has 0 aliphatic heterocycles. The second kappa shape index (κ2) is 9.29. The lowest BCUT2D eigenvalue weighted by molar-refractivity contribution is -0.144. The lowest BCUT2D eigenvalue weighted by atomic mass is 10.1. The third-order valence-corrected chi connectivity index (χ3v) is 7.27. The molecule has 1 N–H and O–H groups in total. The number of rotatable bonds is 7. The van der Waals surface area contributed by atoms with Crippen molar-refractivity contribution in [3.8, 4) is 0 Å². The molecule has 3 rings (SSSR count). The maximum Gasteiger partial charge on any atom is 0.453 e. The number of carbonyl (C=O) groups excluding carboxylic acids is 1. The van der Waals surface area contributed by atoms with Gasteiger partial charge in [0.25, 0.3) is 11.6 Å². The molecule has 34 heavy (non-hydrogen) atoms. The van der Waals surface area contributed by atoms with Gasteiger partial charge in [0.1, 0.15) is 0 Å². The molecule has 0 fully saturated rings. The fraction of sp³-hybridized carbons (Fsp3) is 0.429. The van der Waals surface area contributed by atoms with E-state index in [0.717, 1.165) is 14.4 Å². The molecule has 2 aromatic heterocycles. The Kier molecular flexibility index (Phi) is 6.99. The molecule has 0 radical (unpaired) electrons. The van der Waals surface area contributed by atoms with Gasteiger partial charge in [0.2, 0.25) is 15.9 Å². The van der Waals surface area contributed by atoms with E-state index in [4.69, 9.17) is 0 Å². The highest BCUT2D eigenvalue weighted by Crippen LogP contribution is 2.27. The molecule has 0 saturated heterocycles. The van der Waals surface area contributed by atoms with Gasteiger partial charge >= 0.3 is 6.18 Å². The number of alkyl halides is 3. The minimum atomic E-state index is -4.68. The zero-order chi connectivity index (χ0) is 25.4. The van der Waals surface area contributed by atoms with Gasteiger partial charge in [0, 0.05) is 31.9 Å². The van der Waals surface area contributed by atoms with Crippen molar-refractivity contribution >= 4 is 21.7 Å². The number of halogens is 3. The minimum absolute atomic E-state index is 0.0765. The second-order valence-electron chi connectivity index (χ2n) is 8.05. The topological polar surface area (TPSA) is 110 Å². The van der Waals surface area contributed by atoms with Gasteiger partial charge in [0.15, 0.2) is 0 Å². The summed E-state index contributed by atoms with van der Waals surface area (Å²) in [5.41, 5.74) is 2.25. The Hall–Kier alpha value is -3.06. The van der Waals surface area contributed by atoms with Crippen LogP contribution < -0.4 is 5.32 Å². The van der Waals surface area contributed by atoms with E-state index in [-0.39, 0.29) is 35.5 Å².